The number of rotatable bonds is 7. The van der Waals surface area contributed by atoms with Gasteiger partial charge in [-0.05, 0) is 48.9 Å². The summed E-state index contributed by atoms with van der Waals surface area (Å²) in [6.07, 6.45) is 0. The molecule has 156 valence electrons. The second-order valence-electron chi connectivity index (χ2n) is 6.86. The van der Waals surface area contributed by atoms with Crippen molar-refractivity contribution < 1.29 is 9.53 Å². The van der Waals surface area contributed by atoms with Crippen LogP contribution in [-0.4, -0.2) is 33.5 Å². The van der Waals surface area contributed by atoms with Crippen LogP contribution in [-0.2, 0) is 4.79 Å². The molecule has 3 aromatic carbocycles. The minimum atomic E-state index is -0.116. The van der Waals surface area contributed by atoms with Gasteiger partial charge in [-0.1, -0.05) is 54.2 Å². The third-order valence-electron chi connectivity index (χ3n) is 4.74. The Morgan fingerprint density at radius 2 is 1.68 bits per heavy atom. The Morgan fingerprint density at radius 3 is 2.39 bits per heavy atom. The number of benzene rings is 3. The van der Waals surface area contributed by atoms with Crippen LogP contribution in [0.1, 0.15) is 5.56 Å². The second kappa shape index (κ2) is 9.49. The summed E-state index contributed by atoms with van der Waals surface area (Å²) in [6.45, 7) is 2.05. The van der Waals surface area contributed by atoms with Crippen LogP contribution in [0.2, 0.25) is 0 Å². The van der Waals surface area contributed by atoms with Crippen molar-refractivity contribution >= 4 is 23.4 Å². The Hall–Kier alpha value is -3.58. The van der Waals surface area contributed by atoms with Gasteiger partial charge in [-0.2, -0.15) is 0 Å². The molecule has 1 aromatic heterocycles. The zero-order chi connectivity index (χ0) is 21.6. The highest BCUT2D eigenvalue weighted by atomic mass is 32.2. The first-order valence-electron chi connectivity index (χ1n) is 9.79. The summed E-state index contributed by atoms with van der Waals surface area (Å²) in [6, 6.07) is 25.2. The van der Waals surface area contributed by atoms with E-state index in [0.29, 0.717) is 5.16 Å². The van der Waals surface area contributed by atoms with Crippen molar-refractivity contribution in [2.45, 2.75) is 12.1 Å². The number of thioether (sulfide) groups is 1. The van der Waals surface area contributed by atoms with Crippen molar-refractivity contribution in [3.8, 4) is 22.8 Å². The zero-order valence-corrected chi connectivity index (χ0v) is 18.1. The molecule has 0 spiro atoms. The highest BCUT2D eigenvalue weighted by Gasteiger charge is 2.18. The predicted octanol–water partition coefficient (Wildman–Crippen LogP) is 4.98. The maximum absolute atomic E-state index is 12.5. The fraction of sp³-hybridized carbons (Fsp3) is 0.125. The highest BCUT2D eigenvalue weighted by molar-refractivity contribution is 7.99. The smallest absolute Gasteiger partial charge is 0.234 e. The molecule has 0 aliphatic carbocycles. The zero-order valence-electron chi connectivity index (χ0n) is 17.3. The van der Waals surface area contributed by atoms with Crippen molar-refractivity contribution in [2.24, 2.45) is 0 Å². The summed E-state index contributed by atoms with van der Waals surface area (Å²) < 4.78 is 7.14. The minimum Gasteiger partial charge on any atom is -0.497 e. The number of nitrogens with one attached hydrogen (secondary N) is 1. The van der Waals surface area contributed by atoms with Crippen LogP contribution in [0, 0.1) is 6.92 Å². The lowest BCUT2D eigenvalue weighted by molar-refractivity contribution is -0.113. The quantitative estimate of drug-likeness (QED) is 0.419. The lowest BCUT2D eigenvalue weighted by Crippen LogP contribution is -2.14. The topological polar surface area (TPSA) is 69.0 Å². The molecule has 0 unspecified atom stereocenters. The fourth-order valence-electron chi connectivity index (χ4n) is 3.17. The molecule has 0 radical (unpaired) electrons. The molecule has 4 rings (SSSR count). The number of aryl methyl sites for hydroxylation is 1. The predicted molar refractivity (Wildman–Crippen MR) is 124 cm³/mol. The third-order valence-corrected chi connectivity index (χ3v) is 5.67. The number of anilines is 1. The molecule has 31 heavy (non-hydrogen) atoms. The standard InChI is InChI=1S/C24H22N4O2S/c1-17-8-6-7-11-21(17)23-26-27-24(28(23)19-9-4-3-5-10-19)31-16-22(29)25-18-12-14-20(30-2)15-13-18/h3-15H,16H2,1-2H3,(H,25,29). The van der Waals surface area contributed by atoms with Crippen molar-refractivity contribution in [3.05, 3.63) is 84.4 Å². The lowest BCUT2D eigenvalue weighted by atomic mass is 10.1. The van der Waals surface area contributed by atoms with E-state index in [1.807, 2.05) is 77.4 Å². The summed E-state index contributed by atoms with van der Waals surface area (Å²) >= 11 is 1.35. The van der Waals surface area contributed by atoms with E-state index < -0.39 is 0 Å². The number of aromatic nitrogens is 3. The molecule has 0 saturated heterocycles. The Balaban J connectivity index is 1.57. The van der Waals surface area contributed by atoms with Gasteiger partial charge in [0.15, 0.2) is 11.0 Å². The Bertz CT molecular complexity index is 1170. The molecule has 1 N–H and O–H groups in total. The van der Waals surface area contributed by atoms with Crippen LogP contribution >= 0.6 is 11.8 Å². The molecule has 1 heterocycles. The molecule has 0 fully saturated rings. The average Bonchev–Trinajstić information content (AvgIpc) is 3.23. The van der Waals surface area contributed by atoms with E-state index in [-0.39, 0.29) is 11.7 Å². The summed E-state index contributed by atoms with van der Waals surface area (Å²) in [5.74, 6) is 1.59. The molecule has 7 heteroatoms. The van der Waals surface area contributed by atoms with Gasteiger partial charge in [0.2, 0.25) is 5.91 Å². The molecular formula is C24H22N4O2S. The third kappa shape index (κ3) is 4.78. The van der Waals surface area contributed by atoms with Gasteiger partial charge in [0.25, 0.3) is 0 Å². The van der Waals surface area contributed by atoms with Crippen LogP contribution < -0.4 is 10.1 Å². The fourth-order valence-corrected chi connectivity index (χ4v) is 3.92. The molecular weight excluding hydrogens is 408 g/mol. The van der Waals surface area contributed by atoms with Crippen molar-refractivity contribution in [1.29, 1.82) is 0 Å². The normalized spacial score (nSPS) is 10.6. The second-order valence-corrected chi connectivity index (χ2v) is 7.80. The van der Waals surface area contributed by atoms with Crippen molar-refractivity contribution in [3.63, 3.8) is 0 Å². The number of para-hydroxylation sites is 1. The summed E-state index contributed by atoms with van der Waals surface area (Å²) in [5, 5.41) is 12.4. The number of carbonyl (C=O) groups excluding carboxylic acids is 1. The van der Waals surface area contributed by atoms with Gasteiger partial charge in [-0.25, -0.2) is 0 Å². The molecule has 4 aromatic rings. The number of nitrogens with zero attached hydrogens (tertiary/aromatic N) is 3. The van der Waals surface area contributed by atoms with Gasteiger partial charge in [0, 0.05) is 16.9 Å². The molecule has 1 amide bonds. The number of carbonyl (C=O) groups is 1. The van der Waals surface area contributed by atoms with Gasteiger partial charge in [0.05, 0.1) is 12.9 Å². The van der Waals surface area contributed by atoms with E-state index in [0.717, 1.165) is 34.1 Å². The highest BCUT2D eigenvalue weighted by Crippen LogP contribution is 2.29. The number of methoxy groups -OCH3 is 1. The van der Waals surface area contributed by atoms with Crippen molar-refractivity contribution in [2.75, 3.05) is 18.2 Å². The summed E-state index contributed by atoms with van der Waals surface area (Å²) in [7, 11) is 1.61. The van der Waals surface area contributed by atoms with E-state index in [4.69, 9.17) is 4.74 Å². The number of hydrogen-bond acceptors (Lipinski definition) is 5. The van der Waals surface area contributed by atoms with Crippen LogP contribution in [0.5, 0.6) is 5.75 Å². The van der Waals surface area contributed by atoms with E-state index in [2.05, 4.69) is 28.5 Å². The van der Waals surface area contributed by atoms with Crippen molar-refractivity contribution in [1.82, 2.24) is 14.8 Å². The first kappa shape index (κ1) is 20.7. The Labute approximate surface area is 185 Å². The van der Waals surface area contributed by atoms with E-state index in [9.17, 15) is 4.79 Å². The SMILES string of the molecule is COc1ccc(NC(=O)CSc2nnc(-c3ccccc3C)n2-c2ccccc2)cc1. The molecule has 0 atom stereocenters. The largest absolute Gasteiger partial charge is 0.497 e. The monoisotopic (exact) mass is 430 g/mol. The average molecular weight is 431 g/mol. The molecule has 6 nitrogen and oxygen atoms in total. The maximum atomic E-state index is 12.5. The van der Waals surface area contributed by atoms with E-state index in [1.165, 1.54) is 11.8 Å². The summed E-state index contributed by atoms with van der Waals surface area (Å²) in [5.41, 5.74) is 3.79. The Morgan fingerprint density at radius 1 is 0.968 bits per heavy atom. The van der Waals surface area contributed by atoms with E-state index in [1.54, 1.807) is 7.11 Å². The van der Waals surface area contributed by atoms with Gasteiger partial charge in [-0.3, -0.25) is 9.36 Å². The Kier molecular flexibility index (Phi) is 6.33. The van der Waals surface area contributed by atoms with Crippen LogP contribution in [0.15, 0.2) is 84.0 Å². The maximum Gasteiger partial charge on any atom is 0.234 e. The molecule has 0 bridgehead atoms. The van der Waals surface area contributed by atoms with Gasteiger partial charge < -0.3 is 10.1 Å². The summed E-state index contributed by atoms with van der Waals surface area (Å²) in [4.78, 5) is 12.5. The van der Waals surface area contributed by atoms with E-state index >= 15 is 0 Å². The molecule has 0 saturated carbocycles. The van der Waals surface area contributed by atoms with Crippen LogP contribution in [0.25, 0.3) is 17.1 Å². The van der Waals surface area contributed by atoms with Gasteiger partial charge in [-0.15, -0.1) is 10.2 Å². The van der Waals surface area contributed by atoms with Gasteiger partial charge in [0.1, 0.15) is 5.75 Å². The number of amides is 1. The minimum absolute atomic E-state index is 0.116. The number of hydrogen-bond donors (Lipinski definition) is 1. The van der Waals surface area contributed by atoms with Gasteiger partial charge >= 0.3 is 0 Å². The first-order chi connectivity index (χ1) is 15.2. The number of ether oxygens (including phenoxy) is 1. The van der Waals surface area contributed by atoms with Crippen LogP contribution in [0.3, 0.4) is 0 Å². The molecule has 0 aliphatic rings. The lowest BCUT2D eigenvalue weighted by Gasteiger charge is -2.11. The molecule has 0 aliphatic heterocycles. The van der Waals surface area contributed by atoms with Crippen LogP contribution in [0.4, 0.5) is 5.69 Å². The first-order valence-corrected chi connectivity index (χ1v) is 10.8.